The molecule has 21 heavy (non-hydrogen) atoms. The molecule has 5 nitrogen and oxygen atoms in total. The molecule has 1 heterocycles. The Morgan fingerprint density at radius 1 is 1.29 bits per heavy atom. The van der Waals surface area contributed by atoms with E-state index in [0.717, 1.165) is 17.9 Å². The molecular weight excluding hydrogens is 266 g/mol. The molecule has 0 fully saturated rings. The maximum Gasteiger partial charge on any atom is 0.255 e. The SMILES string of the molecule is CCOc1cccc(NC(=O)c2cc(N)nc(CC)c2)c1. The number of amides is 1. The highest BCUT2D eigenvalue weighted by atomic mass is 16.5. The second-order valence-electron chi connectivity index (χ2n) is 4.54. The van der Waals surface area contributed by atoms with E-state index in [1.54, 1.807) is 18.2 Å². The lowest BCUT2D eigenvalue weighted by Gasteiger charge is -2.09. The van der Waals surface area contributed by atoms with E-state index >= 15 is 0 Å². The highest BCUT2D eigenvalue weighted by Crippen LogP contribution is 2.18. The van der Waals surface area contributed by atoms with Crippen molar-refractivity contribution in [2.45, 2.75) is 20.3 Å². The summed E-state index contributed by atoms with van der Waals surface area (Å²) in [4.78, 5) is 16.4. The summed E-state index contributed by atoms with van der Waals surface area (Å²) in [6.45, 7) is 4.46. The first-order valence-electron chi connectivity index (χ1n) is 6.93. The second kappa shape index (κ2) is 6.74. The number of nitrogen functional groups attached to an aromatic ring is 1. The zero-order chi connectivity index (χ0) is 15.2. The molecule has 0 saturated heterocycles. The fourth-order valence-corrected chi connectivity index (χ4v) is 1.96. The van der Waals surface area contributed by atoms with Gasteiger partial charge >= 0.3 is 0 Å². The van der Waals surface area contributed by atoms with E-state index in [9.17, 15) is 4.79 Å². The molecule has 0 atom stereocenters. The number of rotatable bonds is 5. The first-order chi connectivity index (χ1) is 10.1. The molecule has 0 aliphatic heterocycles. The van der Waals surface area contributed by atoms with Gasteiger partial charge in [0.1, 0.15) is 11.6 Å². The van der Waals surface area contributed by atoms with Gasteiger partial charge in [-0.15, -0.1) is 0 Å². The molecule has 3 N–H and O–H groups in total. The van der Waals surface area contributed by atoms with Crippen LogP contribution in [-0.4, -0.2) is 17.5 Å². The van der Waals surface area contributed by atoms with Crippen molar-refractivity contribution in [1.82, 2.24) is 4.98 Å². The van der Waals surface area contributed by atoms with Crippen LogP contribution in [0.25, 0.3) is 0 Å². The lowest BCUT2D eigenvalue weighted by molar-refractivity contribution is 0.102. The van der Waals surface area contributed by atoms with Crippen molar-refractivity contribution in [2.24, 2.45) is 0 Å². The topological polar surface area (TPSA) is 77.2 Å². The molecule has 0 aliphatic carbocycles. The van der Waals surface area contributed by atoms with Crippen molar-refractivity contribution in [3.63, 3.8) is 0 Å². The highest BCUT2D eigenvalue weighted by molar-refractivity contribution is 6.04. The molecule has 0 bridgehead atoms. The number of nitrogens with one attached hydrogen (secondary N) is 1. The van der Waals surface area contributed by atoms with Gasteiger partial charge in [0.25, 0.3) is 5.91 Å². The van der Waals surface area contributed by atoms with Gasteiger partial charge in [-0.1, -0.05) is 13.0 Å². The molecule has 110 valence electrons. The Labute approximate surface area is 124 Å². The number of carbonyl (C=O) groups excluding carboxylic acids is 1. The molecule has 1 aromatic carbocycles. The Morgan fingerprint density at radius 2 is 2.10 bits per heavy atom. The maximum atomic E-state index is 12.3. The number of hydrogen-bond acceptors (Lipinski definition) is 4. The van der Waals surface area contributed by atoms with Crippen molar-refractivity contribution in [1.29, 1.82) is 0 Å². The van der Waals surface area contributed by atoms with E-state index in [0.29, 0.717) is 23.7 Å². The first-order valence-corrected chi connectivity index (χ1v) is 6.93. The fourth-order valence-electron chi connectivity index (χ4n) is 1.96. The van der Waals surface area contributed by atoms with Crippen molar-refractivity contribution >= 4 is 17.4 Å². The van der Waals surface area contributed by atoms with Crippen molar-refractivity contribution in [3.8, 4) is 5.75 Å². The lowest BCUT2D eigenvalue weighted by Crippen LogP contribution is -2.13. The third-order valence-electron chi connectivity index (χ3n) is 2.93. The predicted molar refractivity (Wildman–Crippen MR) is 83.6 cm³/mol. The molecule has 0 spiro atoms. The zero-order valence-electron chi connectivity index (χ0n) is 12.2. The minimum Gasteiger partial charge on any atom is -0.494 e. The number of carbonyl (C=O) groups is 1. The maximum absolute atomic E-state index is 12.3. The number of ether oxygens (including phenoxy) is 1. The fraction of sp³-hybridized carbons (Fsp3) is 0.250. The summed E-state index contributed by atoms with van der Waals surface area (Å²) in [6.07, 6.45) is 0.727. The summed E-state index contributed by atoms with van der Waals surface area (Å²) in [5.74, 6) is 0.855. The average molecular weight is 285 g/mol. The Hall–Kier alpha value is -2.56. The van der Waals surface area contributed by atoms with Gasteiger partial charge in [0.05, 0.1) is 6.61 Å². The molecule has 5 heteroatoms. The van der Waals surface area contributed by atoms with E-state index < -0.39 is 0 Å². The van der Waals surface area contributed by atoms with Crippen LogP contribution in [0.2, 0.25) is 0 Å². The summed E-state index contributed by atoms with van der Waals surface area (Å²) < 4.78 is 5.41. The van der Waals surface area contributed by atoms with Crippen LogP contribution in [0, 0.1) is 0 Å². The Morgan fingerprint density at radius 3 is 2.81 bits per heavy atom. The van der Waals surface area contributed by atoms with Crippen LogP contribution in [0.4, 0.5) is 11.5 Å². The molecule has 0 unspecified atom stereocenters. The van der Waals surface area contributed by atoms with E-state index in [1.165, 1.54) is 0 Å². The summed E-state index contributed by atoms with van der Waals surface area (Å²) in [7, 11) is 0. The van der Waals surface area contributed by atoms with Gasteiger partial charge < -0.3 is 15.8 Å². The number of anilines is 2. The van der Waals surface area contributed by atoms with Crippen LogP contribution in [-0.2, 0) is 6.42 Å². The summed E-state index contributed by atoms with van der Waals surface area (Å²) >= 11 is 0. The third kappa shape index (κ3) is 3.95. The number of nitrogens with zero attached hydrogens (tertiary/aromatic N) is 1. The van der Waals surface area contributed by atoms with Crippen LogP contribution in [0.3, 0.4) is 0 Å². The molecule has 1 amide bonds. The lowest BCUT2D eigenvalue weighted by atomic mass is 10.1. The number of pyridine rings is 1. The first kappa shape index (κ1) is 14.8. The second-order valence-corrected chi connectivity index (χ2v) is 4.54. The Bertz CT molecular complexity index is 641. The number of aryl methyl sites for hydroxylation is 1. The van der Waals surface area contributed by atoms with Crippen LogP contribution in [0.1, 0.15) is 29.9 Å². The molecular formula is C16H19N3O2. The number of nitrogens with two attached hydrogens (primary N) is 1. The smallest absolute Gasteiger partial charge is 0.255 e. The third-order valence-corrected chi connectivity index (χ3v) is 2.93. The Balaban J connectivity index is 2.17. The predicted octanol–water partition coefficient (Wildman–Crippen LogP) is 2.88. The van der Waals surface area contributed by atoms with Crippen LogP contribution < -0.4 is 15.8 Å². The van der Waals surface area contributed by atoms with Crippen molar-refractivity contribution in [3.05, 3.63) is 47.7 Å². The molecule has 1 aromatic heterocycles. The normalized spacial score (nSPS) is 10.2. The molecule has 0 radical (unpaired) electrons. The van der Waals surface area contributed by atoms with Gasteiger partial charge in [-0.05, 0) is 37.6 Å². The summed E-state index contributed by atoms with van der Waals surface area (Å²) in [6, 6.07) is 10.6. The Kier molecular flexibility index (Phi) is 4.77. The minimum absolute atomic E-state index is 0.215. The molecule has 0 aliphatic rings. The quantitative estimate of drug-likeness (QED) is 0.885. The minimum atomic E-state index is -0.215. The van der Waals surface area contributed by atoms with E-state index in [-0.39, 0.29) is 5.91 Å². The standard InChI is InChI=1S/C16H19N3O2/c1-3-12-8-11(9-15(17)18-12)16(20)19-13-6-5-7-14(10-13)21-4-2/h5-10H,3-4H2,1-2H3,(H2,17,18)(H,19,20). The van der Waals surface area contributed by atoms with E-state index in [1.807, 2.05) is 32.0 Å². The van der Waals surface area contributed by atoms with Gasteiger partial charge in [-0.25, -0.2) is 4.98 Å². The number of benzene rings is 1. The number of hydrogen-bond donors (Lipinski definition) is 2. The molecule has 0 saturated carbocycles. The van der Waals surface area contributed by atoms with Crippen molar-refractivity contribution in [2.75, 3.05) is 17.7 Å². The van der Waals surface area contributed by atoms with Gasteiger partial charge in [0, 0.05) is 23.0 Å². The van der Waals surface area contributed by atoms with Gasteiger partial charge in [-0.2, -0.15) is 0 Å². The van der Waals surface area contributed by atoms with Crippen LogP contribution >= 0.6 is 0 Å². The molecule has 2 aromatic rings. The monoisotopic (exact) mass is 285 g/mol. The van der Waals surface area contributed by atoms with Crippen LogP contribution in [0.5, 0.6) is 5.75 Å². The largest absolute Gasteiger partial charge is 0.494 e. The van der Waals surface area contributed by atoms with Gasteiger partial charge in [0.15, 0.2) is 0 Å². The summed E-state index contributed by atoms with van der Waals surface area (Å²) in [5.41, 5.74) is 7.69. The zero-order valence-corrected chi connectivity index (χ0v) is 12.2. The van der Waals surface area contributed by atoms with E-state index in [2.05, 4.69) is 10.3 Å². The van der Waals surface area contributed by atoms with Gasteiger partial charge in [-0.3, -0.25) is 4.79 Å². The average Bonchev–Trinajstić information content (AvgIpc) is 2.47. The summed E-state index contributed by atoms with van der Waals surface area (Å²) in [5, 5.41) is 2.83. The van der Waals surface area contributed by atoms with E-state index in [4.69, 9.17) is 10.5 Å². The van der Waals surface area contributed by atoms with Crippen molar-refractivity contribution < 1.29 is 9.53 Å². The number of aromatic nitrogens is 1. The van der Waals surface area contributed by atoms with Crippen LogP contribution in [0.15, 0.2) is 36.4 Å². The van der Waals surface area contributed by atoms with Gasteiger partial charge in [0.2, 0.25) is 0 Å². The highest BCUT2D eigenvalue weighted by Gasteiger charge is 2.09. The molecule has 2 rings (SSSR count).